The molecule has 1 saturated carbocycles. The molecule has 96 valence electrons. The van der Waals surface area contributed by atoms with E-state index in [9.17, 15) is 0 Å². The van der Waals surface area contributed by atoms with Crippen molar-refractivity contribution in [1.82, 2.24) is 5.32 Å². The second kappa shape index (κ2) is 5.11. The first-order valence-corrected chi connectivity index (χ1v) is 7.36. The summed E-state index contributed by atoms with van der Waals surface area (Å²) < 4.78 is 5.66. The molecule has 3 rings (SSSR count). The molecule has 0 radical (unpaired) electrons. The average Bonchev–Trinajstić information content (AvgIpc) is 3.05. The summed E-state index contributed by atoms with van der Waals surface area (Å²) in [5.74, 6) is 2.65. The predicted octanol–water partition coefficient (Wildman–Crippen LogP) is 2.75. The quantitative estimate of drug-likeness (QED) is 0.740. The van der Waals surface area contributed by atoms with Gasteiger partial charge in [-0.05, 0) is 63.3 Å². The van der Waals surface area contributed by atoms with Gasteiger partial charge in [-0.15, -0.1) is 0 Å². The highest BCUT2D eigenvalue weighted by Crippen LogP contribution is 2.44. The fourth-order valence-corrected chi connectivity index (χ4v) is 3.89. The molecule has 5 unspecified atom stereocenters. The van der Waals surface area contributed by atoms with E-state index in [0.29, 0.717) is 12.1 Å². The molecule has 2 bridgehead atoms. The molecule has 2 fully saturated rings. The third kappa shape index (κ3) is 2.58. The summed E-state index contributed by atoms with van der Waals surface area (Å²) in [4.78, 5) is 0. The van der Waals surface area contributed by atoms with E-state index < -0.39 is 0 Å². The zero-order chi connectivity index (χ0) is 11.7. The zero-order valence-electron chi connectivity index (χ0n) is 10.9. The lowest BCUT2D eigenvalue weighted by Gasteiger charge is -2.26. The summed E-state index contributed by atoms with van der Waals surface area (Å²) in [6.07, 6.45) is 12.0. The summed E-state index contributed by atoms with van der Waals surface area (Å²) >= 11 is 0. The van der Waals surface area contributed by atoms with Crippen LogP contribution < -0.4 is 5.32 Å². The molecule has 1 N–H and O–H groups in total. The van der Waals surface area contributed by atoms with E-state index in [4.69, 9.17) is 4.74 Å². The molecule has 0 spiro atoms. The molecule has 2 aliphatic carbocycles. The number of hydrogen-bond acceptors (Lipinski definition) is 2. The van der Waals surface area contributed by atoms with E-state index in [0.717, 1.165) is 30.9 Å². The van der Waals surface area contributed by atoms with Crippen molar-refractivity contribution in [3.05, 3.63) is 12.2 Å². The van der Waals surface area contributed by atoms with Crippen LogP contribution in [0.2, 0.25) is 0 Å². The van der Waals surface area contributed by atoms with Gasteiger partial charge >= 0.3 is 0 Å². The lowest BCUT2D eigenvalue weighted by atomic mass is 9.87. The van der Waals surface area contributed by atoms with Gasteiger partial charge in [0.25, 0.3) is 0 Å². The second-order valence-electron chi connectivity index (χ2n) is 6.11. The molecule has 0 aromatic rings. The first kappa shape index (κ1) is 11.7. The third-order valence-corrected chi connectivity index (χ3v) is 4.93. The maximum Gasteiger partial charge on any atom is 0.0588 e. The van der Waals surface area contributed by atoms with Crippen LogP contribution in [0.15, 0.2) is 12.2 Å². The Kier molecular flexibility index (Phi) is 3.53. The van der Waals surface area contributed by atoms with Crippen LogP contribution in [-0.4, -0.2) is 25.3 Å². The van der Waals surface area contributed by atoms with Crippen molar-refractivity contribution in [1.29, 1.82) is 0 Å². The number of nitrogens with one attached hydrogen (secondary N) is 1. The van der Waals surface area contributed by atoms with Crippen molar-refractivity contribution in [3.63, 3.8) is 0 Å². The summed E-state index contributed by atoms with van der Waals surface area (Å²) in [5, 5.41) is 3.72. The van der Waals surface area contributed by atoms with E-state index in [1.165, 1.54) is 32.1 Å². The molecular formula is C15H25NO. The van der Waals surface area contributed by atoms with E-state index in [1.807, 2.05) is 0 Å². The topological polar surface area (TPSA) is 21.3 Å². The number of allylic oxidation sites excluding steroid dienone is 2. The van der Waals surface area contributed by atoms with Crippen molar-refractivity contribution >= 4 is 0 Å². The predicted molar refractivity (Wildman–Crippen MR) is 69.9 cm³/mol. The SMILES string of the molecule is CC(NCCC1CCCO1)C1CC2C=CC1C2. The highest BCUT2D eigenvalue weighted by molar-refractivity contribution is 5.11. The largest absolute Gasteiger partial charge is 0.378 e. The van der Waals surface area contributed by atoms with Crippen LogP contribution in [0.4, 0.5) is 0 Å². The first-order valence-electron chi connectivity index (χ1n) is 7.36. The molecule has 1 saturated heterocycles. The molecule has 17 heavy (non-hydrogen) atoms. The standard InChI is InChI=1S/C15H25NO/c1-11(15-10-12-4-5-13(15)9-12)16-7-6-14-3-2-8-17-14/h4-5,11-16H,2-3,6-10H2,1H3. The molecule has 0 amide bonds. The Morgan fingerprint density at radius 3 is 2.94 bits per heavy atom. The van der Waals surface area contributed by atoms with Crippen molar-refractivity contribution in [2.24, 2.45) is 17.8 Å². The molecule has 0 aromatic heterocycles. The highest BCUT2D eigenvalue weighted by atomic mass is 16.5. The second-order valence-corrected chi connectivity index (χ2v) is 6.11. The van der Waals surface area contributed by atoms with Crippen LogP contribution in [0, 0.1) is 17.8 Å². The molecule has 1 heterocycles. The average molecular weight is 235 g/mol. The van der Waals surface area contributed by atoms with Gasteiger partial charge in [0.15, 0.2) is 0 Å². The Balaban J connectivity index is 1.38. The Hall–Kier alpha value is -0.340. The fourth-order valence-electron chi connectivity index (χ4n) is 3.89. The Bertz CT molecular complexity index is 283. The third-order valence-electron chi connectivity index (χ3n) is 4.93. The fraction of sp³-hybridized carbons (Fsp3) is 0.867. The van der Waals surface area contributed by atoms with Crippen LogP contribution in [-0.2, 0) is 4.74 Å². The molecule has 2 heteroatoms. The van der Waals surface area contributed by atoms with E-state index in [2.05, 4.69) is 24.4 Å². The summed E-state index contributed by atoms with van der Waals surface area (Å²) in [6.45, 7) is 4.48. The first-order chi connectivity index (χ1) is 8.33. The lowest BCUT2D eigenvalue weighted by Crippen LogP contribution is -2.37. The summed E-state index contributed by atoms with van der Waals surface area (Å²) in [6, 6.07) is 0.677. The molecule has 2 nitrogen and oxygen atoms in total. The molecular weight excluding hydrogens is 210 g/mol. The Morgan fingerprint density at radius 1 is 1.35 bits per heavy atom. The highest BCUT2D eigenvalue weighted by Gasteiger charge is 2.38. The van der Waals surface area contributed by atoms with Crippen molar-refractivity contribution in [2.45, 2.75) is 51.2 Å². The van der Waals surface area contributed by atoms with Crippen LogP contribution in [0.25, 0.3) is 0 Å². The normalized spacial score (nSPS) is 41.2. The van der Waals surface area contributed by atoms with E-state index >= 15 is 0 Å². The minimum absolute atomic E-state index is 0.537. The summed E-state index contributed by atoms with van der Waals surface area (Å²) in [5.41, 5.74) is 0. The maximum atomic E-state index is 5.66. The molecule has 0 aromatic carbocycles. The van der Waals surface area contributed by atoms with Gasteiger partial charge in [0.05, 0.1) is 6.10 Å². The van der Waals surface area contributed by atoms with Gasteiger partial charge < -0.3 is 10.1 Å². The van der Waals surface area contributed by atoms with Gasteiger partial charge in [0, 0.05) is 12.6 Å². The number of fused-ring (bicyclic) bond motifs is 2. The molecule has 1 aliphatic heterocycles. The van der Waals surface area contributed by atoms with Gasteiger partial charge in [-0.3, -0.25) is 0 Å². The Labute approximate surface area is 105 Å². The monoisotopic (exact) mass is 235 g/mol. The minimum Gasteiger partial charge on any atom is -0.378 e. The van der Waals surface area contributed by atoms with Crippen molar-refractivity contribution in [3.8, 4) is 0 Å². The van der Waals surface area contributed by atoms with Crippen LogP contribution in [0.3, 0.4) is 0 Å². The lowest BCUT2D eigenvalue weighted by molar-refractivity contribution is 0.103. The molecule has 3 aliphatic rings. The van der Waals surface area contributed by atoms with Gasteiger partial charge in [-0.25, -0.2) is 0 Å². The van der Waals surface area contributed by atoms with Crippen LogP contribution in [0.5, 0.6) is 0 Å². The number of rotatable bonds is 5. The van der Waals surface area contributed by atoms with Gasteiger partial charge in [-0.2, -0.15) is 0 Å². The Morgan fingerprint density at radius 2 is 2.29 bits per heavy atom. The minimum atomic E-state index is 0.537. The maximum absolute atomic E-state index is 5.66. The smallest absolute Gasteiger partial charge is 0.0588 e. The van der Waals surface area contributed by atoms with Crippen molar-refractivity contribution in [2.75, 3.05) is 13.2 Å². The summed E-state index contributed by atoms with van der Waals surface area (Å²) in [7, 11) is 0. The van der Waals surface area contributed by atoms with Crippen LogP contribution >= 0.6 is 0 Å². The zero-order valence-corrected chi connectivity index (χ0v) is 10.9. The van der Waals surface area contributed by atoms with Gasteiger partial charge in [0.2, 0.25) is 0 Å². The van der Waals surface area contributed by atoms with E-state index in [-0.39, 0.29) is 0 Å². The van der Waals surface area contributed by atoms with Gasteiger partial charge in [-0.1, -0.05) is 12.2 Å². The van der Waals surface area contributed by atoms with Gasteiger partial charge in [0.1, 0.15) is 0 Å². The van der Waals surface area contributed by atoms with Crippen LogP contribution in [0.1, 0.15) is 39.0 Å². The number of ether oxygens (including phenoxy) is 1. The molecule has 5 atom stereocenters. The van der Waals surface area contributed by atoms with Crippen molar-refractivity contribution < 1.29 is 4.74 Å². The van der Waals surface area contributed by atoms with E-state index in [1.54, 1.807) is 0 Å². The number of hydrogen-bond donors (Lipinski definition) is 1.